The zero-order valence-corrected chi connectivity index (χ0v) is 17.2. The lowest BCUT2D eigenvalue weighted by Gasteiger charge is -1.99. The summed E-state index contributed by atoms with van der Waals surface area (Å²) in [6.45, 7) is 3.59. The second kappa shape index (κ2) is 13.2. The average Bonchev–Trinajstić information content (AvgIpc) is 2.78. The molecule has 5 heteroatoms. The van der Waals surface area contributed by atoms with Gasteiger partial charge in [-0.1, -0.05) is 97.1 Å². The van der Waals surface area contributed by atoms with Crippen molar-refractivity contribution in [3.05, 3.63) is 108 Å². The van der Waals surface area contributed by atoms with Crippen LogP contribution >= 0.6 is 0 Å². The summed E-state index contributed by atoms with van der Waals surface area (Å²) in [6.07, 6.45) is 15.1. The van der Waals surface area contributed by atoms with E-state index in [4.69, 9.17) is 0 Å². The quantitative estimate of drug-likeness (QED) is 0.340. The molecule has 2 amide bonds. The summed E-state index contributed by atoms with van der Waals surface area (Å²) in [4.78, 5) is 11.8. The van der Waals surface area contributed by atoms with Crippen molar-refractivity contribution >= 4 is 29.6 Å². The van der Waals surface area contributed by atoms with E-state index in [1.54, 1.807) is 26.0 Å². The Bertz CT molecular complexity index is 889. The van der Waals surface area contributed by atoms with Crippen LogP contribution in [0.2, 0.25) is 0 Å². The van der Waals surface area contributed by atoms with Gasteiger partial charge in [-0.3, -0.25) is 0 Å². The average molecular weight is 399 g/mol. The number of carbonyl (C=O) groups is 1. The van der Waals surface area contributed by atoms with Crippen LogP contribution in [0.5, 0.6) is 0 Å². The molecule has 0 aliphatic heterocycles. The first-order valence-corrected chi connectivity index (χ1v) is 9.57. The maximum absolute atomic E-state index is 11.8. The summed E-state index contributed by atoms with van der Waals surface area (Å²) >= 11 is 0. The lowest BCUT2D eigenvalue weighted by Crippen LogP contribution is -2.29. The molecule has 0 aromatic heterocycles. The second-order valence-corrected chi connectivity index (χ2v) is 6.32. The Balaban J connectivity index is 1.73. The first kappa shape index (κ1) is 22.3. The Morgan fingerprint density at radius 1 is 0.667 bits per heavy atom. The molecule has 0 aliphatic rings. The lowest BCUT2D eigenvalue weighted by atomic mass is 10.2. The van der Waals surface area contributed by atoms with E-state index in [1.165, 1.54) is 0 Å². The van der Waals surface area contributed by atoms with Crippen LogP contribution in [-0.4, -0.2) is 17.5 Å². The van der Waals surface area contributed by atoms with E-state index in [9.17, 15) is 4.79 Å². The monoisotopic (exact) mass is 398 g/mol. The van der Waals surface area contributed by atoms with Gasteiger partial charge in [-0.2, -0.15) is 10.2 Å². The van der Waals surface area contributed by atoms with E-state index in [0.717, 1.165) is 11.1 Å². The van der Waals surface area contributed by atoms with E-state index < -0.39 is 6.03 Å². The predicted octanol–water partition coefficient (Wildman–Crippen LogP) is 5.58. The Morgan fingerprint density at radius 2 is 1.07 bits per heavy atom. The van der Waals surface area contributed by atoms with Crippen LogP contribution in [0.15, 0.2) is 107 Å². The molecular weight excluding hydrogens is 372 g/mol. The maximum atomic E-state index is 11.8. The van der Waals surface area contributed by atoms with Gasteiger partial charge in [0.15, 0.2) is 0 Å². The Morgan fingerprint density at radius 3 is 1.47 bits per heavy atom. The van der Waals surface area contributed by atoms with Gasteiger partial charge < -0.3 is 0 Å². The van der Waals surface area contributed by atoms with E-state index in [1.807, 2.05) is 97.1 Å². The van der Waals surface area contributed by atoms with Crippen LogP contribution in [-0.2, 0) is 0 Å². The molecular formula is C25H26N4O. The highest BCUT2D eigenvalue weighted by molar-refractivity contribution is 5.95. The summed E-state index contributed by atoms with van der Waals surface area (Å²) in [5.74, 6) is 0. The van der Waals surface area contributed by atoms with E-state index >= 15 is 0 Å². The van der Waals surface area contributed by atoms with Crippen molar-refractivity contribution in [3.8, 4) is 0 Å². The van der Waals surface area contributed by atoms with Crippen molar-refractivity contribution in [1.29, 1.82) is 0 Å². The van der Waals surface area contributed by atoms with Gasteiger partial charge in [-0.15, -0.1) is 0 Å². The van der Waals surface area contributed by atoms with Crippen LogP contribution in [0.3, 0.4) is 0 Å². The number of benzene rings is 2. The third-order valence-electron chi connectivity index (χ3n) is 3.74. The minimum Gasteiger partial charge on any atom is -0.245 e. The molecule has 0 unspecified atom stereocenters. The van der Waals surface area contributed by atoms with Crippen molar-refractivity contribution < 1.29 is 4.79 Å². The fourth-order valence-electron chi connectivity index (χ4n) is 2.23. The van der Waals surface area contributed by atoms with Crippen LogP contribution in [0.4, 0.5) is 4.79 Å². The molecule has 152 valence electrons. The number of amides is 2. The molecule has 0 saturated carbocycles. The number of hydrazone groups is 2. The molecule has 2 N–H and O–H groups in total. The van der Waals surface area contributed by atoms with Gasteiger partial charge in [0, 0.05) is 0 Å². The molecule has 30 heavy (non-hydrogen) atoms. The van der Waals surface area contributed by atoms with Gasteiger partial charge >= 0.3 is 6.03 Å². The maximum Gasteiger partial charge on any atom is 0.355 e. The molecule has 0 atom stereocenters. The van der Waals surface area contributed by atoms with Gasteiger partial charge in [0.05, 0.1) is 11.4 Å². The highest BCUT2D eigenvalue weighted by Crippen LogP contribution is 2.01. The number of nitrogens with one attached hydrogen (secondary N) is 2. The van der Waals surface area contributed by atoms with Crippen molar-refractivity contribution in [3.63, 3.8) is 0 Å². The molecule has 0 fully saturated rings. The summed E-state index contributed by atoms with van der Waals surface area (Å²) in [7, 11) is 0. The normalized spacial score (nSPS) is 13.0. The molecule has 5 nitrogen and oxygen atoms in total. The van der Waals surface area contributed by atoms with Crippen molar-refractivity contribution in [2.24, 2.45) is 10.2 Å². The fourth-order valence-corrected chi connectivity index (χ4v) is 2.23. The summed E-state index contributed by atoms with van der Waals surface area (Å²) in [5, 5.41) is 7.98. The van der Waals surface area contributed by atoms with Crippen LogP contribution in [0, 0.1) is 0 Å². The number of urea groups is 1. The van der Waals surface area contributed by atoms with Gasteiger partial charge in [0.25, 0.3) is 0 Å². The standard InChI is InChI=1S/C25H26N4O/c1-21(13-9-11-19-23-15-5-3-6-16-23)26-28-25(30)29-27-22(2)14-10-12-20-24-17-7-4-8-18-24/h3-20H,1-2H3,(H2,28,29,30)/b13-9+,14-10+,19-11+,20-12+,26-21-,27-22-. The van der Waals surface area contributed by atoms with E-state index in [-0.39, 0.29) is 0 Å². The van der Waals surface area contributed by atoms with Crippen molar-refractivity contribution in [2.45, 2.75) is 13.8 Å². The Labute approximate surface area is 177 Å². The first-order valence-electron chi connectivity index (χ1n) is 9.57. The van der Waals surface area contributed by atoms with Crippen LogP contribution < -0.4 is 10.9 Å². The number of carbonyl (C=O) groups excluding carboxylic acids is 1. The fraction of sp³-hybridized carbons (Fsp3) is 0.0800. The minimum atomic E-state index is -0.504. The second-order valence-electron chi connectivity index (χ2n) is 6.32. The topological polar surface area (TPSA) is 65.8 Å². The van der Waals surface area contributed by atoms with Crippen molar-refractivity contribution in [1.82, 2.24) is 10.9 Å². The molecule has 0 aliphatic carbocycles. The highest BCUT2D eigenvalue weighted by atomic mass is 16.2. The van der Waals surface area contributed by atoms with Crippen LogP contribution in [0.25, 0.3) is 12.2 Å². The van der Waals surface area contributed by atoms with Crippen molar-refractivity contribution in [2.75, 3.05) is 0 Å². The zero-order chi connectivity index (χ0) is 21.4. The molecule has 2 aromatic rings. The third-order valence-corrected chi connectivity index (χ3v) is 3.74. The van der Waals surface area contributed by atoms with Gasteiger partial charge in [0.1, 0.15) is 0 Å². The number of rotatable bonds is 8. The van der Waals surface area contributed by atoms with Gasteiger partial charge in [0.2, 0.25) is 0 Å². The van der Waals surface area contributed by atoms with E-state index in [0.29, 0.717) is 11.4 Å². The molecule has 0 saturated heterocycles. The first-order chi connectivity index (χ1) is 14.6. The third kappa shape index (κ3) is 9.80. The van der Waals surface area contributed by atoms with Gasteiger partial charge in [-0.25, -0.2) is 15.6 Å². The predicted molar refractivity (Wildman–Crippen MR) is 127 cm³/mol. The summed E-state index contributed by atoms with van der Waals surface area (Å²) < 4.78 is 0. The highest BCUT2D eigenvalue weighted by Gasteiger charge is 1.95. The van der Waals surface area contributed by atoms with E-state index in [2.05, 4.69) is 21.1 Å². The summed E-state index contributed by atoms with van der Waals surface area (Å²) in [5.41, 5.74) is 8.36. The smallest absolute Gasteiger partial charge is 0.245 e. The SMILES string of the molecule is CC(/C=C/C=C/c1ccccc1)=N/NC(=O)N\N=C(C)/C=C/C=C/c1ccccc1. The molecule has 0 bridgehead atoms. The minimum absolute atomic E-state index is 0.504. The largest absolute Gasteiger partial charge is 0.355 e. The van der Waals surface area contributed by atoms with Crippen LogP contribution in [0.1, 0.15) is 25.0 Å². The summed E-state index contributed by atoms with van der Waals surface area (Å²) in [6, 6.07) is 19.5. The Kier molecular flexibility index (Phi) is 9.84. The molecule has 2 rings (SSSR count). The molecule has 0 heterocycles. The number of hydrogen-bond donors (Lipinski definition) is 2. The molecule has 0 radical (unpaired) electrons. The number of nitrogens with zero attached hydrogens (tertiary/aromatic N) is 2. The van der Waals surface area contributed by atoms with Gasteiger partial charge in [-0.05, 0) is 37.1 Å². The molecule has 0 spiro atoms. The number of allylic oxidation sites excluding steroid dienone is 6. The molecule has 2 aromatic carbocycles. The Hall–Kier alpha value is -3.99. The zero-order valence-electron chi connectivity index (χ0n) is 17.2. The lowest BCUT2D eigenvalue weighted by molar-refractivity contribution is 0.242. The number of hydrogen-bond acceptors (Lipinski definition) is 3.